The van der Waals surface area contributed by atoms with Gasteiger partial charge in [0.25, 0.3) is 0 Å². The van der Waals surface area contributed by atoms with Crippen LogP contribution in [0.5, 0.6) is 17.2 Å². The van der Waals surface area contributed by atoms with Crippen molar-refractivity contribution >= 4 is 5.97 Å². The number of carbonyl (C=O) groups is 1. The lowest BCUT2D eigenvalue weighted by molar-refractivity contribution is -0.137. The summed E-state index contributed by atoms with van der Waals surface area (Å²) in [5.41, 5.74) is 1.68. The van der Waals surface area contributed by atoms with E-state index in [1.165, 1.54) is 0 Å². The average molecular weight is 392 g/mol. The number of hydrogen-bond donors (Lipinski definition) is 1. The van der Waals surface area contributed by atoms with Gasteiger partial charge < -0.3 is 19.3 Å². The molecule has 0 atom stereocenters. The quantitative estimate of drug-likeness (QED) is 0.571. The first-order valence-electron chi connectivity index (χ1n) is 9.19. The number of ether oxygens (including phenoxy) is 3. The number of benzene rings is 3. The first kappa shape index (κ1) is 20.3. The van der Waals surface area contributed by atoms with Gasteiger partial charge in [0.1, 0.15) is 17.2 Å². The molecule has 0 radical (unpaired) electrons. The van der Waals surface area contributed by atoms with Crippen LogP contribution >= 0.6 is 0 Å². The van der Waals surface area contributed by atoms with Gasteiger partial charge in [-0.15, -0.1) is 0 Å². The molecule has 0 bridgehead atoms. The maximum Gasteiger partial charge on any atom is 0.304 e. The highest BCUT2D eigenvalue weighted by Crippen LogP contribution is 2.43. The van der Waals surface area contributed by atoms with E-state index in [4.69, 9.17) is 14.2 Å². The van der Waals surface area contributed by atoms with Crippen molar-refractivity contribution in [1.82, 2.24) is 0 Å². The lowest BCUT2D eigenvalue weighted by Crippen LogP contribution is -2.32. The van der Waals surface area contributed by atoms with E-state index in [1.54, 1.807) is 21.3 Å². The van der Waals surface area contributed by atoms with Crippen LogP contribution in [-0.2, 0) is 10.2 Å². The van der Waals surface area contributed by atoms with E-state index < -0.39 is 11.4 Å². The van der Waals surface area contributed by atoms with Crippen molar-refractivity contribution in [2.45, 2.75) is 11.8 Å². The molecule has 0 heterocycles. The Morgan fingerprint density at radius 2 is 0.931 bits per heavy atom. The summed E-state index contributed by atoms with van der Waals surface area (Å²) >= 11 is 0. The van der Waals surface area contributed by atoms with Gasteiger partial charge in [0, 0.05) is 0 Å². The SMILES string of the molecule is COc1ccc(C(CC(=O)O)(c2ccc(OC)cc2)c2ccc(OC)cc2)cc1. The minimum absolute atomic E-state index is 0.113. The fourth-order valence-electron chi connectivity index (χ4n) is 3.66. The third-order valence-electron chi connectivity index (χ3n) is 5.16. The summed E-state index contributed by atoms with van der Waals surface area (Å²) < 4.78 is 15.9. The number of methoxy groups -OCH3 is 3. The van der Waals surface area contributed by atoms with Gasteiger partial charge in [0.2, 0.25) is 0 Å². The zero-order chi connectivity index (χ0) is 20.9. The van der Waals surface area contributed by atoms with Gasteiger partial charge in [-0.25, -0.2) is 0 Å². The highest BCUT2D eigenvalue weighted by Gasteiger charge is 2.39. The maximum absolute atomic E-state index is 12.0. The molecule has 1 N–H and O–H groups in total. The van der Waals surface area contributed by atoms with Gasteiger partial charge in [-0.05, 0) is 53.1 Å². The van der Waals surface area contributed by atoms with Crippen molar-refractivity contribution in [3.63, 3.8) is 0 Å². The van der Waals surface area contributed by atoms with Crippen LogP contribution in [0.25, 0.3) is 0 Å². The normalized spacial score (nSPS) is 11.0. The van der Waals surface area contributed by atoms with E-state index in [2.05, 4.69) is 0 Å². The number of aliphatic carboxylic acids is 1. The molecule has 0 saturated carbocycles. The molecule has 29 heavy (non-hydrogen) atoms. The second-order valence-electron chi connectivity index (χ2n) is 6.66. The third kappa shape index (κ3) is 4.04. The number of carboxylic acid groups (broad SMARTS) is 1. The average Bonchev–Trinajstić information content (AvgIpc) is 2.77. The molecular weight excluding hydrogens is 368 g/mol. The van der Waals surface area contributed by atoms with Crippen LogP contribution in [-0.4, -0.2) is 32.4 Å². The van der Waals surface area contributed by atoms with E-state index >= 15 is 0 Å². The van der Waals surface area contributed by atoms with Crippen molar-refractivity contribution in [1.29, 1.82) is 0 Å². The standard InChI is InChI=1S/C24H24O5/c1-27-20-10-4-17(5-11-20)24(16-23(25)26,18-6-12-21(28-2)13-7-18)19-8-14-22(29-3)15-9-19/h4-15H,16H2,1-3H3,(H,25,26). The molecule has 0 fully saturated rings. The second-order valence-corrected chi connectivity index (χ2v) is 6.66. The topological polar surface area (TPSA) is 65.0 Å². The van der Waals surface area contributed by atoms with Gasteiger partial charge in [-0.2, -0.15) is 0 Å². The van der Waals surface area contributed by atoms with E-state index in [1.807, 2.05) is 72.8 Å². The van der Waals surface area contributed by atoms with Crippen LogP contribution in [0.15, 0.2) is 72.8 Å². The van der Waals surface area contributed by atoms with E-state index in [-0.39, 0.29) is 6.42 Å². The molecule has 0 aliphatic carbocycles. The van der Waals surface area contributed by atoms with Crippen molar-refractivity contribution < 1.29 is 24.1 Å². The molecule has 0 saturated heterocycles. The van der Waals surface area contributed by atoms with Gasteiger partial charge in [-0.1, -0.05) is 36.4 Å². The highest BCUT2D eigenvalue weighted by atomic mass is 16.5. The second kappa shape index (κ2) is 8.69. The van der Waals surface area contributed by atoms with E-state index in [9.17, 15) is 9.90 Å². The molecule has 0 aliphatic rings. The summed E-state index contributed by atoms with van der Waals surface area (Å²) in [5, 5.41) is 9.86. The zero-order valence-corrected chi connectivity index (χ0v) is 16.7. The molecule has 3 aromatic carbocycles. The molecule has 0 spiro atoms. The minimum atomic E-state index is -0.896. The van der Waals surface area contributed by atoms with E-state index in [0.717, 1.165) is 16.7 Å². The molecule has 150 valence electrons. The fourth-order valence-corrected chi connectivity index (χ4v) is 3.66. The van der Waals surface area contributed by atoms with Gasteiger partial charge in [-0.3, -0.25) is 4.79 Å². The Morgan fingerprint density at radius 1 is 0.655 bits per heavy atom. The smallest absolute Gasteiger partial charge is 0.304 e. The predicted molar refractivity (Wildman–Crippen MR) is 111 cm³/mol. The fraction of sp³-hybridized carbons (Fsp3) is 0.208. The minimum Gasteiger partial charge on any atom is -0.497 e. The Morgan fingerprint density at radius 3 is 1.14 bits per heavy atom. The Kier molecular flexibility index (Phi) is 6.07. The monoisotopic (exact) mass is 392 g/mol. The van der Waals surface area contributed by atoms with Gasteiger partial charge >= 0.3 is 5.97 Å². The van der Waals surface area contributed by atoms with Crippen LogP contribution in [0.2, 0.25) is 0 Å². The van der Waals surface area contributed by atoms with Crippen molar-refractivity contribution in [3.8, 4) is 17.2 Å². The van der Waals surface area contributed by atoms with E-state index in [0.29, 0.717) is 17.2 Å². The van der Waals surface area contributed by atoms with Crippen LogP contribution in [0, 0.1) is 0 Å². The van der Waals surface area contributed by atoms with Crippen LogP contribution < -0.4 is 14.2 Å². The molecule has 0 unspecified atom stereocenters. The number of rotatable bonds is 8. The first-order valence-corrected chi connectivity index (χ1v) is 9.19. The lowest BCUT2D eigenvalue weighted by Gasteiger charge is -2.35. The molecule has 0 aromatic heterocycles. The molecule has 0 aliphatic heterocycles. The summed E-state index contributed by atoms with van der Waals surface area (Å²) in [6.45, 7) is 0. The third-order valence-corrected chi connectivity index (χ3v) is 5.16. The Balaban J connectivity index is 2.28. The van der Waals surface area contributed by atoms with Crippen LogP contribution in [0.3, 0.4) is 0 Å². The van der Waals surface area contributed by atoms with Crippen LogP contribution in [0.1, 0.15) is 23.1 Å². The molecule has 5 heteroatoms. The summed E-state index contributed by atoms with van der Waals surface area (Å²) in [6.07, 6.45) is -0.113. The van der Waals surface area contributed by atoms with Gasteiger partial charge in [0.15, 0.2) is 0 Å². The molecule has 5 nitrogen and oxygen atoms in total. The summed E-state index contributed by atoms with van der Waals surface area (Å²) in [6, 6.07) is 22.6. The Hall–Kier alpha value is -3.47. The highest BCUT2D eigenvalue weighted by molar-refractivity contribution is 5.73. The van der Waals surface area contributed by atoms with Crippen molar-refractivity contribution in [2.24, 2.45) is 0 Å². The molecule has 3 aromatic rings. The number of hydrogen-bond acceptors (Lipinski definition) is 4. The molecule has 0 amide bonds. The zero-order valence-electron chi connectivity index (χ0n) is 16.7. The number of carboxylic acids is 1. The Bertz CT molecular complexity index is 828. The molecular formula is C24H24O5. The largest absolute Gasteiger partial charge is 0.497 e. The predicted octanol–water partition coefficient (Wildman–Crippen LogP) is 4.52. The first-order chi connectivity index (χ1) is 14.0. The lowest BCUT2D eigenvalue weighted by atomic mass is 9.67. The van der Waals surface area contributed by atoms with Gasteiger partial charge in [0.05, 0.1) is 33.2 Å². The summed E-state index contributed by atoms with van der Waals surface area (Å²) in [5.74, 6) is 1.24. The molecule has 3 rings (SSSR count). The van der Waals surface area contributed by atoms with Crippen molar-refractivity contribution in [2.75, 3.05) is 21.3 Å². The van der Waals surface area contributed by atoms with Crippen molar-refractivity contribution in [3.05, 3.63) is 89.5 Å². The Labute approximate surface area is 170 Å². The maximum atomic E-state index is 12.0. The van der Waals surface area contributed by atoms with Crippen LogP contribution in [0.4, 0.5) is 0 Å². The summed E-state index contributed by atoms with van der Waals surface area (Å²) in [4.78, 5) is 12.0. The summed E-state index contributed by atoms with van der Waals surface area (Å²) in [7, 11) is 4.81.